The SMILES string of the molecule is CC(F)C1=CC(=C(Br)Br)OC1=O. The number of allylic oxidation sites excluding steroid dienone is 1. The number of hydrogen-bond acceptors (Lipinski definition) is 2. The Bertz CT molecular complexity index is 277. The molecule has 0 saturated carbocycles. The molecule has 2 nitrogen and oxygen atoms in total. The van der Waals surface area contributed by atoms with Gasteiger partial charge in [0.15, 0.2) is 5.76 Å². The van der Waals surface area contributed by atoms with Crippen molar-refractivity contribution in [3.63, 3.8) is 0 Å². The normalized spacial score (nSPS) is 18.8. The molecule has 66 valence electrons. The molecular formula is C7H5Br2FO2. The molecule has 1 aliphatic heterocycles. The van der Waals surface area contributed by atoms with Gasteiger partial charge in [-0.05, 0) is 44.9 Å². The summed E-state index contributed by atoms with van der Waals surface area (Å²) in [7, 11) is 0. The van der Waals surface area contributed by atoms with Crippen LogP contribution in [0.3, 0.4) is 0 Å². The van der Waals surface area contributed by atoms with Crippen LogP contribution >= 0.6 is 31.9 Å². The molecule has 1 unspecified atom stereocenters. The number of rotatable bonds is 1. The van der Waals surface area contributed by atoms with E-state index in [0.717, 1.165) is 0 Å². The monoisotopic (exact) mass is 298 g/mol. The van der Waals surface area contributed by atoms with Gasteiger partial charge < -0.3 is 4.74 Å². The lowest BCUT2D eigenvalue weighted by Crippen LogP contribution is -2.07. The first-order chi connectivity index (χ1) is 5.52. The minimum absolute atomic E-state index is 0.0430. The van der Waals surface area contributed by atoms with Crippen molar-refractivity contribution in [3.05, 3.63) is 20.8 Å². The van der Waals surface area contributed by atoms with Crippen LogP contribution in [0.15, 0.2) is 20.8 Å². The zero-order valence-corrected chi connectivity index (χ0v) is 9.28. The highest BCUT2D eigenvalue weighted by molar-refractivity contribution is 9.28. The number of cyclic esters (lactones) is 1. The second-order valence-corrected chi connectivity index (χ2v) is 4.88. The zero-order valence-electron chi connectivity index (χ0n) is 6.11. The standard InChI is InChI=1S/C7H5Br2FO2/c1-3(10)4-2-5(6(8)9)12-7(4)11/h2-3H,1H3. The second-order valence-electron chi connectivity index (χ2n) is 2.23. The largest absolute Gasteiger partial charge is 0.421 e. The van der Waals surface area contributed by atoms with Gasteiger partial charge in [0, 0.05) is 0 Å². The Morgan fingerprint density at radius 1 is 1.67 bits per heavy atom. The molecule has 0 spiro atoms. The van der Waals surface area contributed by atoms with Gasteiger partial charge in [0.05, 0.1) is 5.57 Å². The Balaban J connectivity index is 2.97. The Kier molecular flexibility index (Phi) is 3.06. The predicted molar refractivity (Wildman–Crippen MR) is 49.6 cm³/mol. The van der Waals surface area contributed by atoms with Gasteiger partial charge in [-0.3, -0.25) is 0 Å². The quantitative estimate of drug-likeness (QED) is 0.696. The molecule has 0 aliphatic carbocycles. The summed E-state index contributed by atoms with van der Waals surface area (Å²) < 4.78 is 17.9. The maximum atomic E-state index is 12.7. The molecule has 0 amide bonds. The number of halogens is 3. The van der Waals surface area contributed by atoms with Crippen LogP contribution in [0.4, 0.5) is 4.39 Å². The number of ether oxygens (including phenoxy) is 1. The van der Waals surface area contributed by atoms with Crippen LogP contribution in [0, 0.1) is 0 Å². The highest BCUT2D eigenvalue weighted by Crippen LogP contribution is 2.29. The van der Waals surface area contributed by atoms with Crippen molar-refractivity contribution in [1.29, 1.82) is 0 Å². The van der Waals surface area contributed by atoms with E-state index in [1.165, 1.54) is 13.0 Å². The third-order valence-corrected chi connectivity index (χ3v) is 2.12. The van der Waals surface area contributed by atoms with Gasteiger partial charge >= 0.3 is 5.97 Å². The first kappa shape index (κ1) is 9.92. The van der Waals surface area contributed by atoms with Crippen LogP contribution in [0.25, 0.3) is 0 Å². The smallest absolute Gasteiger partial charge is 0.342 e. The van der Waals surface area contributed by atoms with E-state index in [-0.39, 0.29) is 5.57 Å². The molecular weight excluding hydrogens is 295 g/mol. The third-order valence-electron chi connectivity index (χ3n) is 1.34. The van der Waals surface area contributed by atoms with E-state index in [2.05, 4.69) is 31.9 Å². The fourth-order valence-electron chi connectivity index (χ4n) is 0.759. The summed E-state index contributed by atoms with van der Waals surface area (Å²) in [5.41, 5.74) is 0.0430. The van der Waals surface area contributed by atoms with Gasteiger partial charge in [-0.15, -0.1) is 0 Å². The lowest BCUT2D eigenvalue weighted by molar-refractivity contribution is -0.133. The van der Waals surface area contributed by atoms with Crippen LogP contribution in [-0.2, 0) is 9.53 Å². The molecule has 0 radical (unpaired) electrons. The molecule has 1 heterocycles. The van der Waals surface area contributed by atoms with Crippen molar-refractivity contribution in [3.8, 4) is 0 Å². The van der Waals surface area contributed by atoms with Crippen molar-refractivity contribution in [1.82, 2.24) is 0 Å². The van der Waals surface area contributed by atoms with E-state index in [1.54, 1.807) is 0 Å². The first-order valence-corrected chi connectivity index (χ1v) is 4.74. The van der Waals surface area contributed by atoms with Crippen molar-refractivity contribution < 1.29 is 13.9 Å². The lowest BCUT2D eigenvalue weighted by Gasteiger charge is -1.97. The predicted octanol–water partition coefficient (Wildman–Crippen LogP) is 2.79. The summed E-state index contributed by atoms with van der Waals surface area (Å²) >= 11 is 6.11. The van der Waals surface area contributed by atoms with Gasteiger partial charge in [-0.25, -0.2) is 9.18 Å². The van der Waals surface area contributed by atoms with Crippen LogP contribution in [0.1, 0.15) is 6.92 Å². The number of carbonyl (C=O) groups is 1. The summed E-state index contributed by atoms with van der Waals surface area (Å²) in [5, 5.41) is 0. The van der Waals surface area contributed by atoms with Crippen LogP contribution in [0.2, 0.25) is 0 Å². The molecule has 0 aromatic rings. The molecule has 5 heteroatoms. The van der Waals surface area contributed by atoms with Crippen LogP contribution in [0.5, 0.6) is 0 Å². The molecule has 0 bridgehead atoms. The number of esters is 1. The Labute approximate surface area is 85.7 Å². The van der Waals surface area contributed by atoms with Crippen molar-refractivity contribution >= 4 is 37.8 Å². The van der Waals surface area contributed by atoms with Gasteiger partial charge in [-0.2, -0.15) is 0 Å². The summed E-state index contributed by atoms with van der Waals surface area (Å²) in [6.07, 6.45) is 0.0700. The van der Waals surface area contributed by atoms with E-state index in [9.17, 15) is 9.18 Å². The highest BCUT2D eigenvalue weighted by atomic mass is 79.9. The van der Waals surface area contributed by atoms with Gasteiger partial charge in [0.2, 0.25) is 0 Å². The molecule has 0 saturated heterocycles. The molecule has 12 heavy (non-hydrogen) atoms. The fourth-order valence-corrected chi connectivity index (χ4v) is 1.15. The zero-order chi connectivity index (χ0) is 9.30. The molecule has 0 N–H and O–H groups in total. The molecule has 1 rings (SSSR count). The summed E-state index contributed by atoms with van der Waals surface area (Å²) in [4.78, 5) is 10.9. The lowest BCUT2D eigenvalue weighted by atomic mass is 10.2. The third kappa shape index (κ3) is 1.95. The average Bonchev–Trinajstić information content (AvgIpc) is 2.30. The minimum Gasteiger partial charge on any atom is -0.421 e. The maximum absolute atomic E-state index is 12.7. The van der Waals surface area contributed by atoms with E-state index < -0.39 is 12.1 Å². The van der Waals surface area contributed by atoms with Gasteiger partial charge in [-0.1, -0.05) is 0 Å². The second kappa shape index (κ2) is 3.70. The molecule has 0 aromatic heterocycles. The van der Waals surface area contributed by atoms with E-state index in [4.69, 9.17) is 4.74 Å². The van der Waals surface area contributed by atoms with E-state index >= 15 is 0 Å². The summed E-state index contributed by atoms with van der Waals surface area (Å²) in [6, 6.07) is 0. The summed E-state index contributed by atoms with van der Waals surface area (Å²) in [6.45, 7) is 1.29. The maximum Gasteiger partial charge on any atom is 0.342 e. The highest BCUT2D eigenvalue weighted by Gasteiger charge is 2.26. The molecule has 0 fully saturated rings. The Hall–Kier alpha value is -0.160. The minimum atomic E-state index is -1.30. The molecule has 1 aliphatic rings. The fraction of sp³-hybridized carbons (Fsp3) is 0.286. The van der Waals surface area contributed by atoms with Gasteiger partial charge in [0.1, 0.15) is 9.56 Å². The number of alkyl halides is 1. The average molecular weight is 300 g/mol. The first-order valence-electron chi connectivity index (χ1n) is 3.15. The molecule has 0 aromatic carbocycles. The van der Waals surface area contributed by atoms with Gasteiger partial charge in [0.25, 0.3) is 0 Å². The van der Waals surface area contributed by atoms with Crippen LogP contribution in [-0.4, -0.2) is 12.1 Å². The van der Waals surface area contributed by atoms with Crippen molar-refractivity contribution in [2.75, 3.05) is 0 Å². The van der Waals surface area contributed by atoms with E-state index in [0.29, 0.717) is 9.15 Å². The van der Waals surface area contributed by atoms with E-state index in [1.807, 2.05) is 0 Å². The Morgan fingerprint density at radius 2 is 2.25 bits per heavy atom. The van der Waals surface area contributed by atoms with Crippen molar-refractivity contribution in [2.24, 2.45) is 0 Å². The van der Waals surface area contributed by atoms with Crippen molar-refractivity contribution in [2.45, 2.75) is 13.1 Å². The molecule has 1 atom stereocenters. The number of carbonyl (C=O) groups excluding carboxylic acids is 1. The topological polar surface area (TPSA) is 26.3 Å². The van der Waals surface area contributed by atoms with Crippen LogP contribution < -0.4 is 0 Å². The number of hydrogen-bond donors (Lipinski definition) is 0. The summed E-state index contributed by atoms with van der Waals surface area (Å²) in [5.74, 6) is -0.323. The Morgan fingerprint density at radius 3 is 2.50 bits per heavy atom.